The predicted octanol–water partition coefficient (Wildman–Crippen LogP) is 3.34. The van der Waals surface area contributed by atoms with Gasteiger partial charge in [-0.1, -0.05) is 37.6 Å². The summed E-state index contributed by atoms with van der Waals surface area (Å²) in [5.41, 5.74) is 2.21. The molecule has 0 saturated heterocycles. The van der Waals surface area contributed by atoms with Gasteiger partial charge in [0.15, 0.2) is 0 Å². The van der Waals surface area contributed by atoms with Gasteiger partial charge in [-0.05, 0) is 23.6 Å². The van der Waals surface area contributed by atoms with Gasteiger partial charge in [0.2, 0.25) is 0 Å². The Morgan fingerprint density at radius 2 is 2.16 bits per heavy atom. The van der Waals surface area contributed by atoms with E-state index in [4.69, 9.17) is 11.6 Å². The molecular weight excluding hydrogens is 267 g/mol. The van der Waals surface area contributed by atoms with Crippen LogP contribution in [0.2, 0.25) is 5.15 Å². The lowest BCUT2D eigenvalue weighted by atomic mass is 10.1. The third-order valence-corrected chi connectivity index (χ3v) is 3.36. The van der Waals surface area contributed by atoms with Gasteiger partial charge in [-0.15, -0.1) is 0 Å². The van der Waals surface area contributed by atoms with E-state index in [1.165, 1.54) is 12.1 Å². The van der Waals surface area contributed by atoms with Crippen molar-refractivity contribution in [2.24, 2.45) is 0 Å². The first-order valence-corrected chi connectivity index (χ1v) is 6.51. The number of halogens is 2. The van der Waals surface area contributed by atoms with Crippen LogP contribution in [0.15, 0.2) is 24.3 Å². The van der Waals surface area contributed by atoms with Crippen molar-refractivity contribution in [3.05, 3.63) is 52.1 Å². The maximum absolute atomic E-state index is 13.1. The van der Waals surface area contributed by atoms with Crippen molar-refractivity contribution < 1.29 is 9.50 Å². The highest BCUT2D eigenvalue weighted by Gasteiger charge is 2.18. The Kier molecular flexibility index (Phi) is 4.22. The predicted molar refractivity (Wildman–Crippen MR) is 72.8 cm³/mol. The zero-order chi connectivity index (χ0) is 14.0. The number of hydrogen-bond acceptors (Lipinski definition) is 2. The molecule has 0 unspecified atom stereocenters. The van der Waals surface area contributed by atoms with Crippen molar-refractivity contribution >= 4 is 11.6 Å². The van der Waals surface area contributed by atoms with E-state index >= 15 is 0 Å². The first-order chi connectivity index (χ1) is 9.02. The quantitative estimate of drug-likeness (QED) is 0.934. The van der Waals surface area contributed by atoms with Crippen LogP contribution >= 0.6 is 11.6 Å². The van der Waals surface area contributed by atoms with Crippen LogP contribution in [0, 0.1) is 5.82 Å². The average Bonchev–Trinajstić information content (AvgIpc) is 2.66. The van der Waals surface area contributed by atoms with Crippen LogP contribution in [0.25, 0.3) is 0 Å². The Balaban J connectivity index is 2.35. The normalized spacial score (nSPS) is 11.3. The second-order valence-electron chi connectivity index (χ2n) is 4.75. The maximum atomic E-state index is 13.1. The molecule has 0 aliphatic heterocycles. The summed E-state index contributed by atoms with van der Waals surface area (Å²) in [6.07, 6.45) is 0. The summed E-state index contributed by atoms with van der Waals surface area (Å²) in [7, 11) is 0. The smallest absolute Gasteiger partial charge is 0.133 e. The van der Waals surface area contributed by atoms with Crippen LogP contribution in [0.3, 0.4) is 0 Å². The van der Waals surface area contributed by atoms with E-state index in [-0.39, 0.29) is 18.3 Å². The molecule has 102 valence electrons. The van der Waals surface area contributed by atoms with Gasteiger partial charge in [0, 0.05) is 5.56 Å². The molecule has 0 aliphatic carbocycles. The summed E-state index contributed by atoms with van der Waals surface area (Å²) in [6, 6.07) is 6.31. The van der Waals surface area contributed by atoms with E-state index in [1.54, 1.807) is 10.7 Å². The fraction of sp³-hybridized carbons (Fsp3) is 0.357. The Bertz CT molecular complexity index is 581. The standard InChI is InChI=1S/C14H16ClFN2O/c1-9(2)13-12(8-19)14(15)18(17-13)7-10-4-3-5-11(16)6-10/h3-6,9,19H,7-8H2,1-2H3. The van der Waals surface area contributed by atoms with Gasteiger partial charge in [-0.25, -0.2) is 9.07 Å². The Hall–Kier alpha value is -1.39. The fourth-order valence-corrected chi connectivity index (χ4v) is 2.27. The minimum absolute atomic E-state index is 0.143. The maximum Gasteiger partial charge on any atom is 0.133 e. The molecule has 0 bridgehead atoms. The number of benzene rings is 1. The molecule has 2 aromatic rings. The molecule has 0 radical (unpaired) electrons. The number of nitrogens with zero attached hydrogens (tertiary/aromatic N) is 2. The number of aromatic nitrogens is 2. The fourth-order valence-electron chi connectivity index (χ4n) is 2.02. The Morgan fingerprint density at radius 3 is 2.68 bits per heavy atom. The van der Waals surface area contributed by atoms with Crippen LogP contribution in [0.1, 0.15) is 36.6 Å². The molecule has 0 spiro atoms. The van der Waals surface area contributed by atoms with E-state index < -0.39 is 0 Å². The summed E-state index contributed by atoms with van der Waals surface area (Å²) >= 11 is 6.21. The summed E-state index contributed by atoms with van der Waals surface area (Å²) in [5.74, 6) is -0.111. The molecule has 0 atom stereocenters. The van der Waals surface area contributed by atoms with Gasteiger partial charge in [0.05, 0.1) is 18.8 Å². The zero-order valence-electron chi connectivity index (χ0n) is 10.9. The van der Waals surface area contributed by atoms with Gasteiger partial charge in [0.1, 0.15) is 11.0 Å². The number of hydrogen-bond donors (Lipinski definition) is 1. The first kappa shape index (κ1) is 14.0. The molecule has 19 heavy (non-hydrogen) atoms. The highest BCUT2D eigenvalue weighted by molar-refractivity contribution is 6.30. The van der Waals surface area contributed by atoms with Crippen LogP contribution in [0.4, 0.5) is 4.39 Å². The minimum Gasteiger partial charge on any atom is -0.391 e. The van der Waals surface area contributed by atoms with Crippen LogP contribution in [0.5, 0.6) is 0 Å². The van der Waals surface area contributed by atoms with E-state index in [0.717, 1.165) is 11.3 Å². The van der Waals surface area contributed by atoms with Crippen molar-refractivity contribution in [1.82, 2.24) is 9.78 Å². The topological polar surface area (TPSA) is 38.0 Å². The van der Waals surface area contributed by atoms with E-state index in [1.807, 2.05) is 19.9 Å². The lowest BCUT2D eigenvalue weighted by Gasteiger charge is -2.04. The molecule has 5 heteroatoms. The molecule has 1 N–H and O–H groups in total. The van der Waals surface area contributed by atoms with Crippen molar-refractivity contribution in [2.75, 3.05) is 0 Å². The van der Waals surface area contributed by atoms with Crippen molar-refractivity contribution in [3.63, 3.8) is 0 Å². The van der Waals surface area contributed by atoms with Gasteiger partial charge < -0.3 is 5.11 Å². The van der Waals surface area contributed by atoms with Crippen molar-refractivity contribution in [1.29, 1.82) is 0 Å². The summed E-state index contributed by atoms with van der Waals surface area (Å²) < 4.78 is 14.7. The Morgan fingerprint density at radius 1 is 1.42 bits per heavy atom. The second-order valence-corrected chi connectivity index (χ2v) is 5.11. The number of rotatable bonds is 4. The number of aliphatic hydroxyl groups excluding tert-OH is 1. The molecule has 1 heterocycles. The third-order valence-electron chi connectivity index (χ3n) is 2.94. The highest BCUT2D eigenvalue weighted by atomic mass is 35.5. The highest BCUT2D eigenvalue weighted by Crippen LogP contribution is 2.26. The van der Waals surface area contributed by atoms with Crippen LogP contribution in [-0.4, -0.2) is 14.9 Å². The Labute approximate surface area is 116 Å². The molecule has 1 aromatic carbocycles. The molecule has 0 amide bonds. The zero-order valence-corrected chi connectivity index (χ0v) is 11.7. The van der Waals surface area contributed by atoms with Gasteiger partial charge >= 0.3 is 0 Å². The molecule has 1 aromatic heterocycles. The summed E-state index contributed by atoms with van der Waals surface area (Å²) in [4.78, 5) is 0. The molecule has 0 aliphatic rings. The largest absolute Gasteiger partial charge is 0.391 e. The molecule has 2 rings (SSSR count). The van der Waals surface area contributed by atoms with Crippen LogP contribution < -0.4 is 0 Å². The summed E-state index contributed by atoms with van der Waals surface area (Å²) in [5, 5.41) is 14.2. The van der Waals surface area contributed by atoms with E-state index in [9.17, 15) is 9.50 Å². The molecular formula is C14H16ClFN2O. The lowest BCUT2D eigenvalue weighted by molar-refractivity contribution is 0.280. The van der Waals surface area contributed by atoms with Crippen molar-refractivity contribution in [3.8, 4) is 0 Å². The van der Waals surface area contributed by atoms with Gasteiger partial charge in [-0.3, -0.25) is 0 Å². The molecule has 0 fully saturated rings. The summed E-state index contributed by atoms with van der Waals surface area (Å²) in [6.45, 7) is 4.22. The van der Waals surface area contributed by atoms with E-state index in [2.05, 4.69) is 5.10 Å². The number of aliphatic hydroxyl groups is 1. The average molecular weight is 283 g/mol. The SMILES string of the molecule is CC(C)c1nn(Cc2cccc(F)c2)c(Cl)c1CO. The lowest BCUT2D eigenvalue weighted by Crippen LogP contribution is -2.03. The minimum atomic E-state index is -0.285. The van der Waals surface area contributed by atoms with Crippen molar-refractivity contribution in [2.45, 2.75) is 32.9 Å². The van der Waals surface area contributed by atoms with Gasteiger partial charge in [-0.2, -0.15) is 5.10 Å². The van der Waals surface area contributed by atoms with Crippen LogP contribution in [-0.2, 0) is 13.2 Å². The molecule has 0 saturated carbocycles. The molecule has 3 nitrogen and oxygen atoms in total. The first-order valence-electron chi connectivity index (χ1n) is 6.13. The monoisotopic (exact) mass is 282 g/mol. The van der Waals surface area contributed by atoms with Gasteiger partial charge in [0.25, 0.3) is 0 Å². The second kappa shape index (κ2) is 5.72. The third kappa shape index (κ3) is 2.96. The van der Waals surface area contributed by atoms with E-state index in [0.29, 0.717) is 17.3 Å².